The molecule has 0 atom stereocenters. The molecule has 0 unspecified atom stereocenters. The van der Waals surface area contributed by atoms with Gasteiger partial charge in [0.2, 0.25) is 5.91 Å². The molecule has 3 amide bonds. The van der Waals surface area contributed by atoms with E-state index in [9.17, 15) is 19.2 Å². The molecule has 166 valence electrons. The van der Waals surface area contributed by atoms with Gasteiger partial charge in [-0.1, -0.05) is 17.7 Å². The number of amides is 3. The van der Waals surface area contributed by atoms with Crippen LogP contribution in [0.5, 0.6) is 5.75 Å². The van der Waals surface area contributed by atoms with E-state index in [1.807, 2.05) is 0 Å². The third kappa shape index (κ3) is 5.32. The van der Waals surface area contributed by atoms with Crippen molar-refractivity contribution in [1.29, 1.82) is 0 Å². The minimum absolute atomic E-state index is 0.0757. The highest BCUT2D eigenvalue weighted by Gasteiger charge is 2.36. The standard InChI is InChI=1S/C21H16BrClN2O6S/c1-30-16-6-3-11(7-14(16)22)8-17-19(27)25(21(29)32-17)10-18(26)24-12-4-5-15(23)13(9-12)20(28)31-2/h3-9H,10H2,1-2H3,(H,24,26)/b17-8+. The molecular formula is C21H16BrClN2O6S. The molecule has 2 aromatic rings. The van der Waals surface area contributed by atoms with E-state index in [0.717, 1.165) is 16.7 Å². The second-order valence-corrected chi connectivity index (χ2v) is 8.65. The van der Waals surface area contributed by atoms with Crippen LogP contribution in [-0.2, 0) is 14.3 Å². The molecule has 0 radical (unpaired) electrons. The van der Waals surface area contributed by atoms with Gasteiger partial charge >= 0.3 is 5.97 Å². The summed E-state index contributed by atoms with van der Waals surface area (Å²) in [6.07, 6.45) is 1.56. The molecule has 0 aromatic heterocycles. The fourth-order valence-electron chi connectivity index (χ4n) is 2.77. The van der Waals surface area contributed by atoms with Crippen LogP contribution in [0.2, 0.25) is 5.02 Å². The number of benzene rings is 2. The Morgan fingerprint density at radius 3 is 2.59 bits per heavy atom. The van der Waals surface area contributed by atoms with Crippen LogP contribution < -0.4 is 10.1 Å². The van der Waals surface area contributed by atoms with E-state index < -0.39 is 29.6 Å². The predicted molar refractivity (Wildman–Crippen MR) is 125 cm³/mol. The molecule has 1 heterocycles. The molecule has 0 bridgehead atoms. The number of nitrogens with one attached hydrogen (secondary N) is 1. The minimum atomic E-state index is -0.660. The summed E-state index contributed by atoms with van der Waals surface area (Å²) in [5.74, 6) is -1.22. The molecule has 1 aliphatic rings. The van der Waals surface area contributed by atoms with Gasteiger partial charge in [-0.3, -0.25) is 19.3 Å². The third-order valence-electron chi connectivity index (χ3n) is 4.30. The third-order valence-corrected chi connectivity index (χ3v) is 6.16. The van der Waals surface area contributed by atoms with Crippen molar-refractivity contribution in [2.75, 3.05) is 26.1 Å². The highest BCUT2D eigenvalue weighted by atomic mass is 79.9. The second-order valence-electron chi connectivity index (χ2n) is 6.40. The number of anilines is 1. The molecule has 32 heavy (non-hydrogen) atoms. The molecule has 3 rings (SSSR count). The van der Waals surface area contributed by atoms with Crippen molar-refractivity contribution < 1.29 is 28.7 Å². The summed E-state index contributed by atoms with van der Waals surface area (Å²) < 4.78 is 10.5. The van der Waals surface area contributed by atoms with Gasteiger partial charge in [0.1, 0.15) is 12.3 Å². The van der Waals surface area contributed by atoms with Crippen LogP contribution in [0.1, 0.15) is 15.9 Å². The molecule has 1 aliphatic heterocycles. The van der Waals surface area contributed by atoms with Crippen molar-refractivity contribution in [2.45, 2.75) is 0 Å². The first-order valence-corrected chi connectivity index (χ1v) is 11.0. The molecule has 2 aromatic carbocycles. The van der Waals surface area contributed by atoms with Gasteiger partial charge in [-0.05, 0) is 69.7 Å². The predicted octanol–water partition coefficient (Wildman–Crippen LogP) is 4.57. The lowest BCUT2D eigenvalue weighted by molar-refractivity contribution is -0.127. The summed E-state index contributed by atoms with van der Waals surface area (Å²) in [6.45, 7) is -0.482. The lowest BCUT2D eigenvalue weighted by atomic mass is 10.2. The van der Waals surface area contributed by atoms with E-state index >= 15 is 0 Å². The number of carbonyl (C=O) groups is 4. The molecule has 1 saturated heterocycles. The molecule has 0 aliphatic carbocycles. The molecule has 11 heteroatoms. The van der Waals surface area contributed by atoms with Crippen LogP contribution in [0.25, 0.3) is 6.08 Å². The molecular weight excluding hydrogens is 524 g/mol. The number of ether oxygens (including phenoxy) is 2. The molecule has 8 nitrogen and oxygen atoms in total. The fourth-order valence-corrected chi connectivity index (χ4v) is 4.36. The summed E-state index contributed by atoms with van der Waals surface area (Å²) >= 11 is 10.1. The highest BCUT2D eigenvalue weighted by molar-refractivity contribution is 9.10. The summed E-state index contributed by atoms with van der Waals surface area (Å²) in [4.78, 5) is 50.2. The number of carbonyl (C=O) groups excluding carboxylic acids is 4. The Balaban J connectivity index is 1.71. The van der Waals surface area contributed by atoms with E-state index in [2.05, 4.69) is 26.0 Å². The van der Waals surface area contributed by atoms with Crippen LogP contribution in [0.15, 0.2) is 45.8 Å². The zero-order valence-corrected chi connectivity index (χ0v) is 20.0. The van der Waals surface area contributed by atoms with Gasteiger partial charge in [0.05, 0.1) is 34.2 Å². The lowest BCUT2D eigenvalue weighted by Gasteiger charge is -2.13. The monoisotopic (exact) mass is 538 g/mol. The fraction of sp³-hybridized carbons (Fsp3) is 0.143. The number of hydrogen-bond acceptors (Lipinski definition) is 7. The Hall–Kier alpha value is -2.82. The van der Waals surface area contributed by atoms with Crippen molar-refractivity contribution in [2.24, 2.45) is 0 Å². The van der Waals surface area contributed by atoms with Crippen molar-refractivity contribution in [1.82, 2.24) is 4.90 Å². The number of hydrogen-bond donors (Lipinski definition) is 1. The van der Waals surface area contributed by atoms with Gasteiger partial charge in [-0.2, -0.15) is 0 Å². The second kappa shape index (κ2) is 10.2. The first-order chi connectivity index (χ1) is 15.2. The van der Waals surface area contributed by atoms with Crippen LogP contribution in [0.4, 0.5) is 10.5 Å². The number of rotatable bonds is 6. The van der Waals surface area contributed by atoms with Gasteiger partial charge in [0.15, 0.2) is 0 Å². The van der Waals surface area contributed by atoms with Crippen molar-refractivity contribution >= 4 is 74.1 Å². The van der Waals surface area contributed by atoms with Crippen molar-refractivity contribution in [3.63, 3.8) is 0 Å². The maximum absolute atomic E-state index is 12.7. The zero-order valence-electron chi connectivity index (χ0n) is 16.8. The first-order valence-electron chi connectivity index (χ1n) is 9.00. The normalized spacial score (nSPS) is 14.6. The molecule has 0 spiro atoms. The van der Waals surface area contributed by atoms with Gasteiger partial charge in [-0.15, -0.1) is 0 Å². The van der Waals surface area contributed by atoms with E-state index in [1.54, 1.807) is 24.3 Å². The SMILES string of the molecule is COC(=O)c1cc(NC(=O)CN2C(=O)S/C(=C/c3ccc(OC)c(Br)c3)C2=O)ccc1Cl. The molecule has 0 saturated carbocycles. The summed E-state index contributed by atoms with van der Waals surface area (Å²) in [5.41, 5.74) is 1.03. The smallest absolute Gasteiger partial charge is 0.339 e. The zero-order chi connectivity index (χ0) is 23.4. The maximum atomic E-state index is 12.7. The van der Waals surface area contributed by atoms with E-state index in [0.29, 0.717) is 15.8 Å². The number of imide groups is 1. The Kier molecular flexibility index (Phi) is 7.60. The average molecular weight is 540 g/mol. The topological polar surface area (TPSA) is 102 Å². The van der Waals surface area contributed by atoms with E-state index in [1.165, 1.54) is 32.4 Å². The quantitative estimate of drug-likeness (QED) is 0.424. The lowest BCUT2D eigenvalue weighted by Crippen LogP contribution is -2.36. The van der Waals surface area contributed by atoms with E-state index in [4.69, 9.17) is 16.3 Å². The van der Waals surface area contributed by atoms with Crippen LogP contribution in [0.3, 0.4) is 0 Å². The van der Waals surface area contributed by atoms with Crippen LogP contribution >= 0.6 is 39.3 Å². The van der Waals surface area contributed by atoms with Gasteiger partial charge < -0.3 is 14.8 Å². The minimum Gasteiger partial charge on any atom is -0.496 e. The Bertz CT molecular complexity index is 1150. The number of methoxy groups -OCH3 is 2. The van der Waals surface area contributed by atoms with Gasteiger partial charge in [0, 0.05) is 5.69 Å². The molecule has 1 N–H and O–H groups in total. The first kappa shape index (κ1) is 23.8. The Morgan fingerprint density at radius 1 is 1.19 bits per heavy atom. The maximum Gasteiger partial charge on any atom is 0.339 e. The van der Waals surface area contributed by atoms with Crippen molar-refractivity contribution in [3.8, 4) is 5.75 Å². The van der Waals surface area contributed by atoms with Crippen LogP contribution in [-0.4, -0.2) is 48.7 Å². The molecule has 1 fully saturated rings. The van der Waals surface area contributed by atoms with Crippen LogP contribution in [0, 0.1) is 0 Å². The highest BCUT2D eigenvalue weighted by Crippen LogP contribution is 2.33. The summed E-state index contributed by atoms with van der Waals surface area (Å²) in [5, 5.41) is 2.14. The Labute approximate surface area is 201 Å². The number of esters is 1. The largest absolute Gasteiger partial charge is 0.496 e. The summed E-state index contributed by atoms with van der Waals surface area (Å²) in [7, 11) is 2.75. The number of thioether (sulfide) groups is 1. The Morgan fingerprint density at radius 2 is 1.94 bits per heavy atom. The van der Waals surface area contributed by atoms with Gasteiger partial charge in [-0.25, -0.2) is 4.79 Å². The van der Waals surface area contributed by atoms with Gasteiger partial charge in [0.25, 0.3) is 11.1 Å². The summed E-state index contributed by atoms with van der Waals surface area (Å²) in [6, 6.07) is 9.48. The van der Waals surface area contributed by atoms with E-state index in [-0.39, 0.29) is 21.2 Å². The van der Waals surface area contributed by atoms with Crippen molar-refractivity contribution in [3.05, 3.63) is 61.9 Å². The average Bonchev–Trinajstić information content (AvgIpc) is 3.02. The number of nitrogens with zero attached hydrogens (tertiary/aromatic N) is 1. The number of halogens is 2.